The summed E-state index contributed by atoms with van der Waals surface area (Å²) in [7, 11) is 6.38. The first-order chi connectivity index (χ1) is 15.7. The van der Waals surface area contributed by atoms with Crippen LogP contribution in [0.25, 0.3) is 5.76 Å². The Morgan fingerprint density at radius 1 is 1.09 bits per heavy atom. The number of hydrogen-bond acceptors (Lipinski definition) is 8. The molecule has 9 heteroatoms. The van der Waals surface area contributed by atoms with Crippen molar-refractivity contribution in [2.45, 2.75) is 6.04 Å². The van der Waals surface area contributed by atoms with Crippen molar-refractivity contribution in [3.05, 3.63) is 64.7 Å². The molecular formula is C24H26N2O7. The number of nitrogens with zero attached hydrogens (tertiary/aromatic N) is 2. The minimum atomic E-state index is -0.904. The number of benzene rings is 2. The van der Waals surface area contributed by atoms with Crippen LogP contribution >= 0.6 is 0 Å². The number of phenolic OH excluding ortho intramolecular Hbond substituents is 1. The van der Waals surface area contributed by atoms with E-state index in [1.54, 1.807) is 12.1 Å². The number of ketones is 1. The molecule has 0 aromatic heterocycles. The van der Waals surface area contributed by atoms with Crippen LogP contribution in [0.1, 0.15) is 27.5 Å². The van der Waals surface area contributed by atoms with Crippen LogP contribution in [-0.4, -0.2) is 79.1 Å². The van der Waals surface area contributed by atoms with E-state index in [2.05, 4.69) is 0 Å². The first kappa shape index (κ1) is 23.8. The number of ether oxygens (including phenoxy) is 2. The van der Waals surface area contributed by atoms with Crippen LogP contribution in [0.15, 0.2) is 48.0 Å². The molecule has 2 aromatic carbocycles. The monoisotopic (exact) mass is 454 g/mol. The van der Waals surface area contributed by atoms with Gasteiger partial charge in [-0.15, -0.1) is 0 Å². The average Bonchev–Trinajstić information content (AvgIpc) is 3.06. The lowest BCUT2D eigenvalue weighted by molar-refractivity contribution is -0.140. The van der Waals surface area contributed by atoms with Gasteiger partial charge in [0.15, 0.2) is 0 Å². The van der Waals surface area contributed by atoms with Crippen molar-refractivity contribution in [2.75, 3.05) is 41.4 Å². The number of aliphatic hydroxyl groups excluding tert-OH is 1. The van der Waals surface area contributed by atoms with Gasteiger partial charge in [-0.2, -0.15) is 0 Å². The first-order valence-electron chi connectivity index (χ1n) is 10.2. The fourth-order valence-electron chi connectivity index (χ4n) is 3.67. The predicted octanol–water partition coefficient (Wildman–Crippen LogP) is 2.17. The highest BCUT2D eigenvalue weighted by atomic mass is 16.5. The highest BCUT2D eigenvalue weighted by Crippen LogP contribution is 2.41. The zero-order valence-corrected chi connectivity index (χ0v) is 18.9. The molecule has 0 unspecified atom stereocenters. The zero-order chi connectivity index (χ0) is 24.3. The van der Waals surface area contributed by atoms with E-state index in [1.165, 1.54) is 49.5 Å². The Labute approximate surface area is 191 Å². The quantitative estimate of drug-likeness (QED) is 0.283. The molecule has 2 N–H and O–H groups in total. The number of phenols is 1. The molecule has 0 saturated carbocycles. The largest absolute Gasteiger partial charge is 0.507 e. The number of carbonyl (C=O) groups is 3. The van der Waals surface area contributed by atoms with Gasteiger partial charge in [0, 0.05) is 19.2 Å². The van der Waals surface area contributed by atoms with Gasteiger partial charge in [-0.3, -0.25) is 9.59 Å². The van der Waals surface area contributed by atoms with Crippen LogP contribution in [0.4, 0.5) is 0 Å². The number of hydrogen-bond donors (Lipinski definition) is 2. The van der Waals surface area contributed by atoms with Gasteiger partial charge in [0.25, 0.3) is 11.7 Å². The summed E-state index contributed by atoms with van der Waals surface area (Å²) in [5.41, 5.74) is 0.678. The smallest absolute Gasteiger partial charge is 0.337 e. The SMILES string of the molecule is COC(=O)c1ccc([C@@H]2C(=C(O)c3ccc(OC)cc3O)C(=O)C(=O)N2CCN(C)C)cc1. The molecule has 174 valence electrons. The van der Waals surface area contributed by atoms with E-state index < -0.39 is 29.5 Å². The Bertz CT molecular complexity index is 1110. The first-order valence-corrected chi connectivity index (χ1v) is 10.2. The van der Waals surface area contributed by atoms with E-state index in [0.717, 1.165) is 0 Å². The molecule has 1 aliphatic rings. The van der Waals surface area contributed by atoms with E-state index in [9.17, 15) is 24.6 Å². The number of likely N-dealkylation sites (N-methyl/N-ethyl adjacent to an activating group) is 1. The molecule has 1 fully saturated rings. The summed E-state index contributed by atoms with van der Waals surface area (Å²) in [6, 6.07) is 9.59. The molecule has 0 spiro atoms. The molecule has 3 rings (SSSR count). The Balaban J connectivity index is 2.15. The number of esters is 1. The van der Waals surface area contributed by atoms with Gasteiger partial charge in [0.2, 0.25) is 0 Å². The molecule has 0 bridgehead atoms. The lowest BCUT2D eigenvalue weighted by Crippen LogP contribution is -2.35. The van der Waals surface area contributed by atoms with Crippen molar-refractivity contribution >= 4 is 23.4 Å². The average molecular weight is 454 g/mol. The van der Waals surface area contributed by atoms with Crippen LogP contribution < -0.4 is 4.74 Å². The topological polar surface area (TPSA) is 117 Å². The summed E-state index contributed by atoms with van der Waals surface area (Å²) in [5, 5.41) is 21.4. The molecule has 9 nitrogen and oxygen atoms in total. The second-order valence-electron chi connectivity index (χ2n) is 7.79. The lowest BCUT2D eigenvalue weighted by atomic mass is 9.94. The number of aliphatic hydroxyl groups is 1. The Hall–Kier alpha value is -3.85. The Morgan fingerprint density at radius 2 is 1.76 bits per heavy atom. The van der Waals surface area contributed by atoms with Gasteiger partial charge in [-0.25, -0.2) is 4.79 Å². The number of rotatable bonds is 7. The summed E-state index contributed by atoms with van der Waals surface area (Å²) < 4.78 is 9.79. The van der Waals surface area contributed by atoms with Crippen molar-refractivity contribution in [2.24, 2.45) is 0 Å². The van der Waals surface area contributed by atoms with E-state index in [0.29, 0.717) is 23.4 Å². The Morgan fingerprint density at radius 3 is 2.30 bits per heavy atom. The maximum atomic E-state index is 13.0. The van der Waals surface area contributed by atoms with Gasteiger partial charge in [0.05, 0.1) is 37.0 Å². The number of likely N-dealkylation sites (tertiary alicyclic amines) is 1. The van der Waals surface area contributed by atoms with Crippen molar-refractivity contribution in [1.29, 1.82) is 0 Å². The number of carbonyl (C=O) groups excluding carboxylic acids is 3. The van der Waals surface area contributed by atoms with Gasteiger partial charge >= 0.3 is 5.97 Å². The minimum Gasteiger partial charge on any atom is -0.507 e. The highest BCUT2D eigenvalue weighted by molar-refractivity contribution is 6.46. The van der Waals surface area contributed by atoms with Crippen molar-refractivity contribution in [3.63, 3.8) is 0 Å². The summed E-state index contributed by atoms with van der Waals surface area (Å²) in [6.45, 7) is 0.712. The van der Waals surface area contributed by atoms with E-state index in [1.807, 2.05) is 19.0 Å². The number of amides is 1. The molecule has 0 radical (unpaired) electrons. The van der Waals surface area contributed by atoms with Crippen LogP contribution in [0.3, 0.4) is 0 Å². The van der Waals surface area contributed by atoms with Crippen LogP contribution in [0, 0.1) is 0 Å². The third kappa shape index (κ3) is 4.68. The summed E-state index contributed by atoms with van der Waals surface area (Å²) >= 11 is 0. The molecule has 2 aromatic rings. The maximum Gasteiger partial charge on any atom is 0.337 e. The normalized spacial score (nSPS) is 17.5. The van der Waals surface area contributed by atoms with Crippen LogP contribution in [0.5, 0.6) is 11.5 Å². The number of methoxy groups -OCH3 is 2. The number of Topliss-reactive ketones (excluding diaryl/α,β-unsaturated/α-hetero) is 1. The summed E-state index contributed by atoms with van der Waals surface area (Å²) in [5.74, 6) is -2.57. The molecule has 1 aliphatic heterocycles. The molecule has 0 aliphatic carbocycles. The zero-order valence-electron chi connectivity index (χ0n) is 18.9. The molecule has 1 saturated heterocycles. The second-order valence-corrected chi connectivity index (χ2v) is 7.79. The standard InChI is InChI=1S/C24H26N2O7/c1-25(2)11-12-26-20(14-5-7-15(8-6-14)24(31)33-4)19(22(29)23(26)30)21(28)17-10-9-16(32-3)13-18(17)27/h5-10,13,20,27-28H,11-12H2,1-4H3/t20-/m1/s1. The summed E-state index contributed by atoms with van der Waals surface area (Å²) in [6.07, 6.45) is 0. The highest BCUT2D eigenvalue weighted by Gasteiger charge is 2.46. The third-order valence-electron chi connectivity index (χ3n) is 5.44. The molecule has 33 heavy (non-hydrogen) atoms. The Kier molecular flexibility index (Phi) is 7.03. The van der Waals surface area contributed by atoms with Crippen LogP contribution in [-0.2, 0) is 14.3 Å². The van der Waals surface area contributed by atoms with Gasteiger partial charge in [0.1, 0.15) is 17.3 Å². The molecular weight excluding hydrogens is 428 g/mol. The third-order valence-corrected chi connectivity index (χ3v) is 5.44. The maximum absolute atomic E-state index is 13.0. The van der Waals surface area contributed by atoms with Gasteiger partial charge < -0.3 is 29.5 Å². The van der Waals surface area contributed by atoms with E-state index in [4.69, 9.17) is 9.47 Å². The van der Waals surface area contributed by atoms with E-state index >= 15 is 0 Å². The van der Waals surface area contributed by atoms with E-state index in [-0.39, 0.29) is 23.4 Å². The minimum absolute atomic E-state index is 0.00223. The van der Waals surface area contributed by atoms with Crippen molar-refractivity contribution < 1.29 is 34.1 Å². The fraction of sp³-hybridized carbons (Fsp3) is 0.292. The lowest BCUT2D eigenvalue weighted by Gasteiger charge is -2.26. The second kappa shape index (κ2) is 9.74. The predicted molar refractivity (Wildman–Crippen MR) is 120 cm³/mol. The molecule has 1 heterocycles. The van der Waals surface area contributed by atoms with Gasteiger partial charge in [-0.1, -0.05) is 12.1 Å². The van der Waals surface area contributed by atoms with Crippen molar-refractivity contribution in [3.8, 4) is 11.5 Å². The number of aromatic hydroxyl groups is 1. The van der Waals surface area contributed by atoms with Crippen molar-refractivity contribution in [1.82, 2.24) is 9.80 Å². The summed E-state index contributed by atoms with van der Waals surface area (Å²) in [4.78, 5) is 41.0. The molecule has 1 atom stereocenters. The fourth-order valence-corrected chi connectivity index (χ4v) is 3.67. The molecule has 1 amide bonds. The van der Waals surface area contributed by atoms with Crippen LogP contribution in [0.2, 0.25) is 0 Å². The van der Waals surface area contributed by atoms with Gasteiger partial charge in [-0.05, 0) is 43.9 Å².